The summed E-state index contributed by atoms with van der Waals surface area (Å²) in [4.78, 5) is 14.3. The topological polar surface area (TPSA) is 66.5 Å². The number of urea groups is 1. The van der Waals surface area contributed by atoms with Crippen LogP contribution in [0, 0.1) is 0 Å². The quantitative estimate of drug-likeness (QED) is 0.846. The second-order valence-electron chi connectivity index (χ2n) is 6.39. The average Bonchev–Trinajstić information content (AvgIpc) is 2.80. The highest BCUT2D eigenvalue weighted by atomic mass is 32.2. The Morgan fingerprint density at radius 1 is 1.19 bits per heavy atom. The van der Waals surface area contributed by atoms with Crippen LogP contribution in [0.3, 0.4) is 0 Å². The number of nitrogens with one attached hydrogen (secondary N) is 1. The molecule has 0 unspecified atom stereocenters. The van der Waals surface area contributed by atoms with Gasteiger partial charge in [-0.2, -0.15) is 0 Å². The Morgan fingerprint density at radius 3 is 2.48 bits per heavy atom. The molecular formula is C15H28N2O3S. The molecule has 1 N–H and O–H groups in total. The van der Waals surface area contributed by atoms with E-state index in [-0.39, 0.29) is 29.6 Å². The molecule has 2 fully saturated rings. The summed E-state index contributed by atoms with van der Waals surface area (Å²) in [5.41, 5.74) is 0. The van der Waals surface area contributed by atoms with Crippen LogP contribution in [0.4, 0.5) is 4.79 Å². The SMILES string of the molecule is CCCCN(C(=O)NC1CCCCC1)[C@@H]1CCS(=O)(=O)C1. The molecule has 0 aromatic heterocycles. The Bertz CT molecular complexity index is 444. The van der Waals surface area contributed by atoms with Crippen LogP contribution in [-0.2, 0) is 9.84 Å². The van der Waals surface area contributed by atoms with Crippen molar-refractivity contribution >= 4 is 15.9 Å². The van der Waals surface area contributed by atoms with Crippen molar-refractivity contribution in [2.24, 2.45) is 0 Å². The lowest BCUT2D eigenvalue weighted by atomic mass is 9.96. The van der Waals surface area contributed by atoms with Gasteiger partial charge in [0.15, 0.2) is 9.84 Å². The number of amides is 2. The molecule has 1 aliphatic heterocycles. The molecule has 2 amide bonds. The zero-order valence-electron chi connectivity index (χ0n) is 13.0. The monoisotopic (exact) mass is 316 g/mol. The van der Waals surface area contributed by atoms with Crippen molar-refractivity contribution in [2.45, 2.75) is 70.4 Å². The first-order chi connectivity index (χ1) is 10.0. The number of rotatable bonds is 5. The van der Waals surface area contributed by atoms with Crippen LogP contribution in [0.5, 0.6) is 0 Å². The second-order valence-corrected chi connectivity index (χ2v) is 8.62. The van der Waals surface area contributed by atoms with Crippen molar-refractivity contribution in [3.63, 3.8) is 0 Å². The largest absolute Gasteiger partial charge is 0.335 e. The van der Waals surface area contributed by atoms with Gasteiger partial charge in [-0.1, -0.05) is 32.6 Å². The predicted molar refractivity (Wildman–Crippen MR) is 84.1 cm³/mol. The van der Waals surface area contributed by atoms with Gasteiger partial charge >= 0.3 is 6.03 Å². The third kappa shape index (κ3) is 4.87. The van der Waals surface area contributed by atoms with E-state index < -0.39 is 9.84 Å². The summed E-state index contributed by atoms with van der Waals surface area (Å²) in [6.07, 6.45) is 8.24. The Kier molecular flexibility index (Phi) is 5.90. The summed E-state index contributed by atoms with van der Waals surface area (Å²) in [7, 11) is -2.95. The van der Waals surface area contributed by atoms with Crippen LogP contribution in [0.1, 0.15) is 58.3 Å². The molecule has 1 heterocycles. The molecule has 0 bridgehead atoms. The summed E-state index contributed by atoms with van der Waals surface area (Å²) in [6, 6.07) is 0.0796. The van der Waals surface area contributed by atoms with Crippen LogP contribution in [0.15, 0.2) is 0 Å². The van der Waals surface area contributed by atoms with E-state index in [4.69, 9.17) is 0 Å². The van der Waals surface area contributed by atoms with Gasteiger partial charge in [0, 0.05) is 18.6 Å². The highest BCUT2D eigenvalue weighted by molar-refractivity contribution is 7.91. The fourth-order valence-electron chi connectivity index (χ4n) is 3.30. The van der Waals surface area contributed by atoms with Crippen LogP contribution < -0.4 is 5.32 Å². The molecule has 122 valence electrons. The predicted octanol–water partition coefficient (Wildman–Crippen LogP) is 2.32. The van der Waals surface area contributed by atoms with Crippen molar-refractivity contribution in [1.29, 1.82) is 0 Å². The van der Waals surface area contributed by atoms with Crippen molar-refractivity contribution in [2.75, 3.05) is 18.1 Å². The number of carbonyl (C=O) groups is 1. The summed E-state index contributed by atoms with van der Waals surface area (Å²) in [6.45, 7) is 2.75. The molecule has 1 atom stereocenters. The van der Waals surface area contributed by atoms with Crippen molar-refractivity contribution in [3.05, 3.63) is 0 Å². The molecule has 0 radical (unpaired) electrons. The normalized spacial score (nSPS) is 25.7. The van der Waals surface area contributed by atoms with E-state index in [0.717, 1.165) is 25.7 Å². The van der Waals surface area contributed by atoms with Crippen LogP contribution in [0.2, 0.25) is 0 Å². The van der Waals surface area contributed by atoms with Gasteiger partial charge in [0.2, 0.25) is 0 Å². The molecule has 0 spiro atoms. The third-order valence-electron chi connectivity index (χ3n) is 4.60. The van der Waals surface area contributed by atoms with E-state index in [9.17, 15) is 13.2 Å². The highest BCUT2D eigenvalue weighted by Crippen LogP contribution is 2.21. The van der Waals surface area contributed by atoms with E-state index in [2.05, 4.69) is 12.2 Å². The van der Waals surface area contributed by atoms with Gasteiger partial charge in [0.25, 0.3) is 0 Å². The molecule has 21 heavy (non-hydrogen) atoms. The van der Waals surface area contributed by atoms with Gasteiger partial charge in [-0.3, -0.25) is 0 Å². The van der Waals surface area contributed by atoms with Crippen LogP contribution >= 0.6 is 0 Å². The first kappa shape index (κ1) is 16.6. The average molecular weight is 316 g/mol. The molecule has 2 rings (SSSR count). The third-order valence-corrected chi connectivity index (χ3v) is 6.35. The first-order valence-corrected chi connectivity index (χ1v) is 10.1. The molecule has 6 heteroatoms. The Balaban J connectivity index is 1.95. The lowest BCUT2D eigenvalue weighted by Gasteiger charge is -2.31. The van der Waals surface area contributed by atoms with Crippen LogP contribution in [-0.4, -0.2) is 49.5 Å². The summed E-state index contributed by atoms with van der Waals surface area (Å²) in [5.74, 6) is 0.353. The molecule has 0 aromatic carbocycles. The fraction of sp³-hybridized carbons (Fsp3) is 0.933. The Morgan fingerprint density at radius 2 is 1.90 bits per heavy atom. The maximum Gasteiger partial charge on any atom is 0.317 e. The molecule has 5 nitrogen and oxygen atoms in total. The van der Waals surface area contributed by atoms with Gasteiger partial charge in [0.1, 0.15) is 0 Å². The zero-order chi connectivity index (χ0) is 15.3. The Hall–Kier alpha value is -0.780. The Labute approximate surface area is 128 Å². The molecule has 1 saturated heterocycles. The second kappa shape index (κ2) is 7.47. The molecule has 1 saturated carbocycles. The standard InChI is InChI=1S/C15H28N2O3S/c1-2-3-10-17(14-9-11-21(19,20)12-14)15(18)16-13-7-5-4-6-8-13/h13-14H,2-12H2,1H3,(H,16,18)/t14-/m1/s1. The highest BCUT2D eigenvalue weighted by Gasteiger charge is 2.34. The van der Waals surface area contributed by atoms with E-state index in [1.807, 2.05) is 0 Å². The first-order valence-electron chi connectivity index (χ1n) is 8.29. The summed E-state index contributed by atoms with van der Waals surface area (Å²) < 4.78 is 23.3. The molecule has 0 aromatic rings. The minimum absolute atomic E-state index is 0.0579. The number of hydrogen-bond donors (Lipinski definition) is 1. The number of nitrogens with zero attached hydrogens (tertiary/aromatic N) is 1. The number of unbranched alkanes of at least 4 members (excludes halogenated alkanes) is 1. The van der Waals surface area contributed by atoms with E-state index in [0.29, 0.717) is 13.0 Å². The number of carbonyl (C=O) groups excluding carboxylic acids is 1. The molecular weight excluding hydrogens is 288 g/mol. The summed E-state index contributed by atoms with van der Waals surface area (Å²) in [5, 5.41) is 3.12. The number of sulfone groups is 1. The fourth-order valence-corrected chi connectivity index (χ4v) is 5.03. The van der Waals surface area contributed by atoms with Crippen molar-refractivity contribution in [3.8, 4) is 0 Å². The lowest BCUT2D eigenvalue weighted by Crippen LogP contribution is -2.50. The van der Waals surface area contributed by atoms with Gasteiger partial charge in [-0.05, 0) is 25.7 Å². The van der Waals surface area contributed by atoms with Crippen molar-refractivity contribution < 1.29 is 13.2 Å². The van der Waals surface area contributed by atoms with E-state index >= 15 is 0 Å². The van der Waals surface area contributed by atoms with Gasteiger partial charge in [-0.25, -0.2) is 13.2 Å². The molecule has 2 aliphatic rings. The zero-order valence-corrected chi connectivity index (χ0v) is 13.8. The smallest absolute Gasteiger partial charge is 0.317 e. The summed E-state index contributed by atoms with van der Waals surface area (Å²) >= 11 is 0. The van der Waals surface area contributed by atoms with Gasteiger partial charge in [-0.15, -0.1) is 0 Å². The van der Waals surface area contributed by atoms with Crippen LogP contribution in [0.25, 0.3) is 0 Å². The van der Waals surface area contributed by atoms with Crippen molar-refractivity contribution in [1.82, 2.24) is 10.2 Å². The van der Waals surface area contributed by atoms with E-state index in [1.54, 1.807) is 4.90 Å². The maximum atomic E-state index is 12.5. The van der Waals surface area contributed by atoms with E-state index in [1.165, 1.54) is 19.3 Å². The number of hydrogen-bond acceptors (Lipinski definition) is 3. The molecule has 1 aliphatic carbocycles. The lowest BCUT2D eigenvalue weighted by molar-refractivity contribution is 0.172. The van der Waals surface area contributed by atoms with Gasteiger partial charge < -0.3 is 10.2 Å². The van der Waals surface area contributed by atoms with Gasteiger partial charge in [0.05, 0.1) is 11.5 Å². The maximum absolute atomic E-state index is 12.5. The minimum atomic E-state index is -2.95. The minimum Gasteiger partial charge on any atom is -0.335 e.